The molecule has 0 atom stereocenters. The van der Waals surface area contributed by atoms with Crippen molar-refractivity contribution in [3.63, 3.8) is 0 Å². The zero-order valence-electron chi connectivity index (χ0n) is 12.3. The number of hydrogen-bond acceptors (Lipinski definition) is 3. The van der Waals surface area contributed by atoms with E-state index < -0.39 is 0 Å². The molecule has 0 saturated heterocycles. The lowest BCUT2D eigenvalue weighted by molar-refractivity contribution is 0.140. The number of hydrogen-bond donors (Lipinski definition) is 0. The largest absolute Gasteiger partial charge is 0.379 e. The van der Waals surface area contributed by atoms with Crippen molar-refractivity contribution in [2.75, 3.05) is 13.2 Å². The molecule has 0 amide bonds. The van der Waals surface area contributed by atoms with E-state index in [9.17, 15) is 0 Å². The van der Waals surface area contributed by atoms with Crippen LogP contribution < -0.4 is 0 Å². The van der Waals surface area contributed by atoms with Crippen LogP contribution in [0.15, 0.2) is 54.9 Å². The van der Waals surface area contributed by atoms with E-state index in [1.54, 1.807) is 0 Å². The number of ether oxygens (including phenoxy) is 1. The van der Waals surface area contributed by atoms with E-state index in [-0.39, 0.29) is 0 Å². The van der Waals surface area contributed by atoms with E-state index in [2.05, 4.69) is 33.8 Å². The molecule has 0 saturated carbocycles. The second-order valence-corrected chi connectivity index (χ2v) is 5.35. The van der Waals surface area contributed by atoms with Gasteiger partial charge in [0.1, 0.15) is 5.82 Å². The van der Waals surface area contributed by atoms with Gasteiger partial charge in [0, 0.05) is 42.2 Å². The molecule has 0 spiro atoms. The second-order valence-electron chi connectivity index (χ2n) is 5.35. The highest BCUT2D eigenvalue weighted by molar-refractivity contribution is 5.68. The normalized spacial score (nSPS) is 14.4. The fraction of sp³-hybridized carbons (Fsp3) is 0.222. The molecule has 1 aromatic carbocycles. The third-order valence-electron chi connectivity index (χ3n) is 4.00. The molecule has 0 radical (unpaired) electrons. The zero-order chi connectivity index (χ0) is 14.8. The summed E-state index contributed by atoms with van der Waals surface area (Å²) in [5.74, 6) is 1.02. The van der Waals surface area contributed by atoms with E-state index >= 15 is 0 Å². The molecule has 0 fully saturated rings. The summed E-state index contributed by atoms with van der Waals surface area (Å²) in [5, 5.41) is 0. The SMILES string of the molecule is c1ccc(-c2nc(-c3ccncc3)c3n2CCOCC3)cc1. The van der Waals surface area contributed by atoms with Gasteiger partial charge in [-0.05, 0) is 12.1 Å². The first-order chi connectivity index (χ1) is 10.9. The Bertz CT molecular complexity index is 702. The fourth-order valence-electron chi connectivity index (χ4n) is 2.96. The highest BCUT2D eigenvalue weighted by Gasteiger charge is 2.20. The van der Waals surface area contributed by atoms with Gasteiger partial charge in [0.2, 0.25) is 0 Å². The van der Waals surface area contributed by atoms with Gasteiger partial charge in [-0.1, -0.05) is 30.3 Å². The summed E-state index contributed by atoms with van der Waals surface area (Å²) >= 11 is 0. The summed E-state index contributed by atoms with van der Waals surface area (Å²) in [7, 11) is 0. The number of rotatable bonds is 2. The summed E-state index contributed by atoms with van der Waals surface area (Å²) in [6.45, 7) is 2.33. The standard InChI is InChI=1S/C18H17N3O/c1-2-4-15(5-3-1)18-20-17(14-6-9-19-10-7-14)16-8-12-22-13-11-21(16)18/h1-7,9-10H,8,11-13H2. The van der Waals surface area contributed by atoms with Gasteiger partial charge in [0.25, 0.3) is 0 Å². The lowest BCUT2D eigenvalue weighted by Crippen LogP contribution is -2.05. The van der Waals surface area contributed by atoms with Crippen molar-refractivity contribution >= 4 is 0 Å². The number of imidazole rings is 1. The molecular weight excluding hydrogens is 274 g/mol. The van der Waals surface area contributed by atoms with Crippen LogP contribution in [0.2, 0.25) is 0 Å². The highest BCUT2D eigenvalue weighted by Crippen LogP contribution is 2.30. The minimum atomic E-state index is 0.735. The molecule has 4 nitrogen and oxygen atoms in total. The zero-order valence-corrected chi connectivity index (χ0v) is 12.3. The first-order valence-corrected chi connectivity index (χ1v) is 7.56. The van der Waals surface area contributed by atoms with Crippen molar-refractivity contribution in [3.05, 3.63) is 60.6 Å². The third-order valence-corrected chi connectivity index (χ3v) is 4.00. The van der Waals surface area contributed by atoms with Gasteiger partial charge in [-0.3, -0.25) is 4.98 Å². The van der Waals surface area contributed by atoms with Crippen LogP contribution >= 0.6 is 0 Å². The van der Waals surface area contributed by atoms with Gasteiger partial charge in [0.15, 0.2) is 0 Å². The van der Waals surface area contributed by atoms with Crippen LogP contribution in [0.25, 0.3) is 22.6 Å². The fourth-order valence-corrected chi connectivity index (χ4v) is 2.96. The number of aromatic nitrogens is 3. The Morgan fingerprint density at radius 1 is 0.909 bits per heavy atom. The van der Waals surface area contributed by atoms with Crippen molar-refractivity contribution in [2.24, 2.45) is 0 Å². The van der Waals surface area contributed by atoms with Gasteiger partial charge in [0.05, 0.1) is 18.9 Å². The first-order valence-electron chi connectivity index (χ1n) is 7.56. The van der Waals surface area contributed by atoms with Crippen LogP contribution in [0, 0.1) is 0 Å². The van der Waals surface area contributed by atoms with Crippen molar-refractivity contribution in [1.29, 1.82) is 0 Å². The quantitative estimate of drug-likeness (QED) is 0.728. The predicted octanol–water partition coefficient (Wildman–Crippen LogP) is 3.18. The Labute approximate surface area is 129 Å². The molecule has 2 aromatic heterocycles. The molecule has 0 bridgehead atoms. The Hall–Kier alpha value is -2.46. The first kappa shape index (κ1) is 13.2. The summed E-state index contributed by atoms with van der Waals surface area (Å²) in [6.07, 6.45) is 4.52. The lowest BCUT2D eigenvalue weighted by Gasteiger charge is -2.08. The average molecular weight is 291 g/mol. The summed E-state index contributed by atoms with van der Waals surface area (Å²) in [5.41, 5.74) is 4.56. The Kier molecular flexibility index (Phi) is 3.45. The van der Waals surface area contributed by atoms with Crippen molar-refractivity contribution in [2.45, 2.75) is 13.0 Å². The van der Waals surface area contributed by atoms with Crippen LogP contribution in [0.5, 0.6) is 0 Å². The van der Waals surface area contributed by atoms with E-state index in [1.807, 2.05) is 30.6 Å². The van der Waals surface area contributed by atoms with Crippen LogP contribution in [0.3, 0.4) is 0 Å². The summed E-state index contributed by atoms with van der Waals surface area (Å²) in [4.78, 5) is 9.06. The molecule has 0 aliphatic carbocycles. The Balaban J connectivity index is 1.91. The molecule has 4 rings (SSSR count). The van der Waals surface area contributed by atoms with Crippen molar-refractivity contribution in [1.82, 2.24) is 14.5 Å². The van der Waals surface area contributed by atoms with E-state index in [1.165, 1.54) is 5.69 Å². The van der Waals surface area contributed by atoms with E-state index in [0.29, 0.717) is 0 Å². The molecule has 22 heavy (non-hydrogen) atoms. The van der Waals surface area contributed by atoms with Crippen molar-refractivity contribution < 1.29 is 4.74 Å². The van der Waals surface area contributed by atoms with Crippen LogP contribution in [0.1, 0.15) is 5.69 Å². The molecule has 1 aliphatic heterocycles. The van der Waals surface area contributed by atoms with Crippen LogP contribution in [0.4, 0.5) is 0 Å². The summed E-state index contributed by atoms with van der Waals surface area (Å²) < 4.78 is 7.96. The van der Waals surface area contributed by atoms with Gasteiger partial charge in [-0.15, -0.1) is 0 Å². The predicted molar refractivity (Wildman–Crippen MR) is 85.4 cm³/mol. The maximum atomic E-state index is 5.66. The molecule has 110 valence electrons. The van der Waals surface area contributed by atoms with Gasteiger partial charge in [-0.2, -0.15) is 0 Å². The van der Waals surface area contributed by atoms with Crippen LogP contribution in [-0.2, 0) is 17.7 Å². The molecule has 1 aliphatic rings. The van der Waals surface area contributed by atoms with Gasteiger partial charge >= 0.3 is 0 Å². The number of fused-ring (bicyclic) bond motifs is 1. The second kappa shape index (κ2) is 5.73. The third kappa shape index (κ3) is 2.31. The molecule has 3 aromatic rings. The smallest absolute Gasteiger partial charge is 0.140 e. The molecule has 0 N–H and O–H groups in total. The maximum absolute atomic E-state index is 5.66. The van der Waals surface area contributed by atoms with Crippen LogP contribution in [-0.4, -0.2) is 27.7 Å². The average Bonchev–Trinajstić information content (AvgIpc) is 2.78. The van der Waals surface area contributed by atoms with Crippen molar-refractivity contribution in [3.8, 4) is 22.6 Å². The van der Waals surface area contributed by atoms with E-state index in [0.717, 1.165) is 48.8 Å². The molecule has 3 heterocycles. The molecular formula is C18H17N3O. The van der Waals surface area contributed by atoms with Gasteiger partial charge in [-0.25, -0.2) is 4.98 Å². The number of pyridine rings is 1. The van der Waals surface area contributed by atoms with E-state index in [4.69, 9.17) is 9.72 Å². The Morgan fingerprint density at radius 3 is 2.55 bits per heavy atom. The summed E-state index contributed by atoms with van der Waals surface area (Å²) in [6, 6.07) is 14.4. The number of nitrogens with zero attached hydrogens (tertiary/aromatic N) is 3. The minimum Gasteiger partial charge on any atom is -0.379 e. The number of benzene rings is 1. The molecule has 0 unspecified atom stereocenters. The van der Waals surface area contributed by atoms with Gasteiger partial charge < -0.3 is 9.30 Å². The minimum absolute atomic E-state index is 0.735. The Morgan fingerprint density at radius 2 is 1.73 bits per heavy atom. The molecule has 4 heteroatoms. The monoisotopic (exact) mass is 291 g/mol. The topological polar surface area (TPSA) is 39.9 Å². The highest BCUT2D eigenvalue weighted by atomic mass is 16.5. The lowest BCUT2D eigenvalue weighted by atomic mass is 10.1. The maximum Gasteiger partial charge on any atom is 0.140 e.